The third kappa shape index (κ3) is 6.14. The lowest BCUT2D eigenvalue weighted by molar-refractivity contribution is 0.768. The Labute approximate surface area is 365 Å². The second-order valence-corrected chi connectivity index (χ2v) is 16.2. The highest BCUT2D eigenvalue weighted by Crippen LogP contribution is 2.57. The molecule has 0 atom stereocenters. The molecular weight excluding hydrogens is 765 g/mol. The van der Waals surface area contributed by atoms with E-state index in [-0.39, 0.29) is 0 Å². The minimum atomic E-state index is -0.550. The third-order valence-corrected chi connectivity index (χ3v) is 12.7. The van der Waals surface area contributed by atoms with Crippen LogP contribution in [0.1, 0.15) is 22.3 Å². The lowest BCUT2D eigenvalue weighted by Crippen LogP contribution is -2.28. The van der Waals surface area contributed by atoms with Crippen molar-refractivity contribution in [3.8, 4) is 67.5 Å². The lowest BCUT2D eigenvalue weighted by atomic mass is 9.67. The Morgan fingerprint density at radius 1 is 0.286 bits per heavy atom. The summed E-state index contributed by atoms with van der Waals surface area (Å²) in [4.78, 5) is 19.5. The molecule has 0 aliphatic heterocycles. The van der Waals surface area contributed by atoms with Crippen LogP contribution in [0.15, 0.2) is 231 Å². The highest BCUT2D eigenvalue weighted by atomic mass is 15.0. The average molecular weight is 803 g/mol. The van der Waals surface area contributed by atoms with Gasteiger partial charge in [-0.3, -0.25) is 4.98 Å². The molecular formula is C59H38N4. The van der Waals surface area contributed by atoms with Crippen LogP contribution >= 0.6 is 0 Å². The molecule has 0 unspecified atom stereocenters. The van der Waals surface area contributed by atoms with E-state index in [1.807, 2.05) is 48.8 Å². The molecule has 1 aliphatic rings. The van der Waals surface area contributed by atoms with Crippen LogP contribution < -0.4 is 0 Å². The van der Waals surface area contributed by atoms with E-state index in [0.717, 1.165) is 27.8 Å². The fourth-order valence-electron chi connectivity index (χ4n) is 9.73. The van der Waals surface area contributed by atoms with Gasteiger partial charge in [-0.2, -0.15) is 0 Å². The Morgan fingerprint density at radius 2 is 0.683 bits per heavy atom. The van der Waals surface area contributed by atoms with E-state index in [1.54, 1.807) is 0 Å². The second kappa shape index (κ2) is 15.0. The van der Waals surface area contributed by atoms with Crippen molar-refractivity contribution in [1.82, 2.24) is 19.9 Å². The minimum absolute atomic E-state index is 0.550. The first-order valence-electron chi connectivity index (χ1n) is 21.4. The van der Waals surface area contributed by atoms with Gasteiger partial charge in [-0.15, -0.1) is 0 Å². The van der Waals surface area contributed by atoms with Crippen molar-refractivity contribution in [3.63, 3.8) is 0 Å². The topological polar surface area (TPSA) is 51.6 Å². The van der Waals surface area contributed by atoms with Gasteiger partial charge in [-0.1, -0.05) is 182 Å². The summed E-state index contributed by atoms with van der Waals surface area (Å²) in [7, 11) is 0. The summed E-state index contributed by atoms with van der Waals surface area (Å²) in [6.07, 6.45) is 3.69. The number of aromatic nitrogens is 4. The standard InChI is InChI=1S/C59H38N4/c1-5-13-40(14-6-1)56-61-57(41-15-7-2-8-16-41)63-58(62-56)47-26-30-55-53(38-47)52-37-44(25-29-54(52)59(55,48-17-9-3-10-18-48)49-19-11-4-12-20-49)43-24-28-51-46(36-43)22-21-45-35-42(23-27-50(45)51)39-31-33-60-34-32-39/h1-38H. The Hall–Kier alpha value is -8.34. The van der Waals surface area contributed by atoms with Crippen molar-refractivity contribution < 1.29 is 0 Å². The van der Waals surface area contributed by atoms with Crippen LogP contribution in [0.3, 0.4) is 0 Å². The molecule has 0 fully saturated rings. The zero-order valence-corrected chi connectivity index (χ0v) is 34.2. The second-order valence-electron chi connectivity index (χ2n) is 16.2. The smallest absolute Gasteiger partial charge is 0.164 e. The average Bonchev–Trinajstić information content (AvgIpc) is 3.67. The first-order chi connectivity index (χ1) is 31.2. The van der Waals surface area contributed by atoms with E-state index in [1.165, 1.54) is 66.1 Å². The van der Waals surface area contributed by atoms with Crippen LogP contribution in [0.25, 0.3) is 89.1 Å². The molecule has 4 nitrogen and oxygen atoms in total. The van der Waals surface area contributed by atoms with Crippen molar-refractivity contribution in [3.05, 3.63) is 253 Å². The van der Waals surface area contributed by atoms with Crippen molar-refractivity contribution in [1.29, 1.82) is 0 Å². The molecule has 0 bridgehead atoms. The highest BCUT2D eigenvalue weighted by Gasteiger charge is 2.46. The van der Waals surface area contributed by atoms with Crippen molar-refractivity contribution in [2.24, 2.45) is 0 Å². The van der Waals surface area contributed by atoms with Gasteiger partial charge < -0.3 is 0 Å². The molecule has 2 heterocycles. The number of hydrogen-bond donors (Lipinski definition) is 0. The quantitative estimate of drug-likeness (QED) is 0.151. The maximum absolute atomic E-state index is 5.14. The lowest BCUT2D eigenvalue weighted by Gasteiger charge is -2.34. The van der Waals surface area contributed by atoms with Crippen LogP contribution in [0.2, 0.25) is 0 Å². The Morgan fingerprint density at radius 3 is 1.19 bits per heavy atom. The molecule has 0 N–H and O–H groups in total. The maximum Gasteiger partial charge on any atom is 0.164 e. The predicted octanol–water partition coefficient (Wildman–Crippen LogP) is 14.3. The molecule has 0 saturated carbocycles. The molecule has 11 aromatic rings. The number of hydrogen-bond acceptors (Lipinski definition) is 4. The van der Waals surface area contributed by atoms with Gasteiger partial charge in [0, 0.05) is 29.1 Å². The van der Waals surface area contributed by atoms with Gasteiger partial charge >= 0.3 is 0 Å². The highest BCUT2D eigenvalue weighted by molar-refractivity contribution is 6.09. The van der Waals surface area contributed by atoms with E-state index in [0.29, 0.717) is 17.5 Å². The zero-order valence-electron chi connectivity index (χ0n) is 34.2. The number of benzene rings is 9. The van der Waals surface area contributed by atoms with Crippen LogP contribution in [0, 0.1) is 0 Å². The molecule has 63 heavy (non-hydrogen) atoms. The monoisotopic (exact) mass is 802 g/mol. The summed E-state index contributed by atoms with van der Waals surface area (Å²) in [5.41, 5.74) is 14.2. The van der Waals surface area contributed by atoms with E-state index in [2.05, 4.69) is 187 Å². The molecule has 0 radical (unpaired) electrons. The normalized spacial score (nSPS) is 12.6. The van der Waals surface area contributed by atoms with E-state index in [9.17, 15) is 0 Å². The summed E-state index contributed by atoms with van der Waals surface area (Å²) in [6, 6.07) is 78.3. The fourth-order valence-corrected chi connectivity index (χ4v) is 9.73. The van der Waals surface area contributed by atoms with Gasteiger partial charge in [0.05, 0.1) is 5.41 Å². The summed E-state index contributed by atoms with van der Waals surface area (Å²) in [5, 5.41) is 4.91. The molecule has 294 valence electrons. The zero-order chi connectivity index (χ0) is 41.7. The van der Waals surface area contributed by atoms with Gasteiger partial charge in [-0.05, 0) is 114 Å². The molecule has 0 saturated heterocycles. The first kappa shape index (κ1) is 36.5. The van der Waals surface area contributed by atoms with Crippen LogP contribution in [0.5, 0.6) is 0 Å². The predicted molar refractivity (Wildman–Crippen MR) is 257 cm³/mol. The van der Waals surface area contributed by atoms with Crippen LogP contribution in [-0.2, 0) is 5.41 Å². The SMILES string of the molecule is c1ccc(-c2nc(-c3ccccc3)nc(-c3ccc4c(c3)-c3cc(-c5ccc6c(ccc7cc(-c8ccncc8)ccc76)c5)ccc3C4(c3ccccc3)c3ccccc3)n2)cc1. The minimum Gasteiger partial charge on any atom is -0.265 e. The molecule has 12 rings (SSSR count). The summed E-state index contributed by atoms with van der Waals surface area (Å²) in [6.45, 7) is 0. The van der Waals surface area contributed by atoms with Gasteiger partial charge in [0.15, 0.2) is 17.5 Å². The maximum atomic E-state index is 5.14. The molecule has 1 aliphatic carbocycles. The Bertz CT molecular complexity index is 3380. The van der Waals surface area contributed by atoms with Gasteiger partial charge in [0.1, 0.15) is 0 Å². The summed E-state index contributed by atoms with van der Waals surface area (Å²) >= 11 is 0. The fraction of sp³-hybridized carbons (Fsp3) is 0.0169. The van der Waals surface area contributed by atoms with Crippen molar-refractivity contribution >= 4 is 21.5 Å². The van der Waals surface area contributed by atoms with E-state index >= 15 is 0 Å². The molecule has 9 aromatic carbocycles. The molecule has 0 spiro atoms. The van der Waals surface area contributed by atoms with E-state index < -0.39 is 5.41 Å². The largest absolute Gasteiger partial charge is 0.265 e. The molecule has 0 amide bonds. The number of rotatable bonds is 7. The van der Waals surface area contributed by atoms with Gasteiger partial charge in [-0.25, -0.2) is 15.0 Å². The van der Waals surface area contributed by atoms with E-state index in [4.69, 9.17) is 15.0 Å². The third-order valence-electron chi connectivity index (χ3n) is 12.7. The number of nitrogens with zero attached hydrogens (tertiary/aromatic N) is 4. The summed E-state index contributed by atoms with van der Waals surface area (Å²) < 4.78 is 0. The van der Waals surface area contributed by atoms with Gasteiger partial charge in [0.25, 0.3) is 0 Å². The Balaban J connectivity index is 1.04. The Kier molecular flexibility index (Phi) is 8.68. The number of pyridine rings is 1. The first-order valence-corrected chi connectivity index (χ1v) is 21.4. The number of fused-ring (bicyclic) bond motifs is 6. The van der Waals surface area contributed by atoms with Crippen molar-refractivity contribution in [2.45, 2.75) is 5.41 Å². The van der Waals surface area contributed by atoms with Crippen LogP contribution in [0.4, 0.5) is 0 Å². The summed E-state index contributed by atoms with van der Waals surface area (Å²) in [5.74, 6) is 1.92. The van der Waals surface area contributed by atoms with Gasteiger partial charge in [0.2, 0.25) is 0 Å². The molecule has 4 heteroatoms. The molecule has 2 aromatic heterocycles. The van der Waals surface area contributed by atoms with Crippen molar-refractivity contribution in [2.75, 3.05) is 0 Å². The van der Waals surface area contributed by atoms with Crippen LogP contribution in [-0.4, -0.2) is 19.9 Å².